The minimum Gasteiger partial charge on any atom is -0.506 e. The number of benzene rings is 3. The Balaban J connectivity index is 1.60. The summed E-state index contributed by atoms with van der Waals surface area (Å²) in [6.07, 6.45) is 1.60. The molecule has 4 aromatic rings. The standard InChI is InChI=1S/C20H12BrClN2OS/c21-16-10-14(22)9-13(19(16)25)11-23-15-7-5-12(6-8-15)20-24-17-3-1-2-4-18(17)26-20/h1-11,25H. The maximum Gasteiger partial charge on any atom is 0.138 e. The highest BCUT2D eigenvalue weighted by atomic mass is 79.9. The second-order valence-corrected chi connectivity index (χ2v) is 7.94. The summed E-state index contributed by atoms with van der Waals surface area (Å²) in [6, 6.07) is 19.3. The van der Waals surface area contributed by atoms with Gasteiger partial charge in [-0.1, -0.05) is 23.7 Å². The van der Waals surface area contributed by atoms with Crippen molar-refractivity contribution in [3.63, 3.8) is 0 Å². The van der Waals surface area contributed by atoms with Gasteiger partial charge in [0.05, 0.1) is 20.4 Å². The lowest BCUT2D eigenvalue weighted by Crippen LogP contribution is -1.84. The van der Waals surface area contributed by atoms with Gasteiger partial charge in [-0.15, -0.1) is 11.3 Å². The van der Waals surface area contributed by atoms with Crippen molar-refractivity contribution in [1.29, 1.82) is 0 Å². The van der Waals surface area contributed by atoms with Gasteiger partial charge in [0.15, 0.2) is 0 Å². The highest BCUT2D eigenvalue weighted by molar-refractivity contribution is 9.10. The molecule has 0 atom stereocenters. The van der Waals surface area contributed by atoms with E-state index in [0.29, 0.717) is 15.1 Å². The summed E-state index contributed by atoms with van der Waals surface area (Å²) < 4.78 is 1.71. The van der Waals surface area contributed by atoms with Crippen LogP contribution in [-0.2, 0) is 0 Å². The van der Waals surface area contributed by atoms with Crippen LogP contribution in [0, 0.1) is 0 Å². The average molecular weight is 444 g/mol. The molecule has 1 aromatic heterocycles. The molecule has 0 saturated carbocycles. The van der Waals surface area contributed by atoms with Gasteiger partial charge >= 0.3 is 0 Å². The first-order valence-corrected chi connectivity index (χ1v) is 9.77. The van der Waals surface area contributed by atoms with Crippen LogP contribution in [0.4, 0.5) is 5.69 Å². The van der Waals surface area contributed by atoms with Crippen molar-refractivity contribution in [3.05, 3.63) is 75.7 Å². The van der Waals surface area contributed by atoms with Crippen molar-refractivity contribution >= 4 is 61.0 Å². The van der Waals surface area contributed by atoms with Gasteiger partial charge in [0.25, 0.3) is 0 Å². The molecule has 3 nitrogen and oxygen atoms in total. The van der Waals surface area contributed by atoms with Crippen LogP contribution in [0.25, 0.3) is 20.8 Å². The fourth-order valence-corrected chi connectivity index (χ4v) is 4.32. The van der Waals surface area contributed by atoms with E-state index in [4.69, 9.17) is 11.6 Å². The molecule has 128 valence electrons. The molecule has 3 aromatic carbocycles. The van der Waals surface area contributed by atoms with Crippen LogP contribution >= 0.6 is 38.9 Å². The highest BCUT2D eigenvalue weighted by Gasteiger charge is 2.07. The maximum absolute atomic E-state index is 10.1. The van der Waals surface area contributed by atoms with Gasteiger partial charge in [0.1, 0.15) is 10.8 Å². The van der Waals surface area contributed by atoms with Crippen LogP contribution in [-0.4, -0.2) is 16.3 Å². The van der Waals surface area contributed by atoms with Crippen molar-refractivity contribution in [2.75, 3.05) is 0 Å². The third kappa shape index (κ3) is 3.51. The highest BCUT2D eigenvalue weighted by Crippen LogP contribution is 2.32. The van der Waals surface area contributed by atoms with Crippen LogP contribution in [0.2, 0.25) is 5.02 Å². The molecule has 0 spiro atoms. The number of phenolic OH excluding ortho intramolecular Hbond substituents is 1. The third-order valence-corrected chi connectivity index (χ3v) is 5.73. The Morgan fingerprint density at radius 3 is 2.62 bits per heavy atom. The molecule has 0 radical (unpaired) electrons. The number of rotatable bonds is 3. The minimum absolute atomic E-state index is 0.115. The average Bonchev–Trinajstić information content (AvgIpc) is 3.08. The topological polar surface area (TPSA) is 45.5 Å². The van der Waals surface area contributed by atoms with Crippen LogP contribution in [0.15, 0.2) is 70.1 Å². The minimum atomic E-state index is 0.115. The number of hydrogen-bond donors (Lipinski definition) is 1. The smallest absolute Gasteiger partial charge is 0.138 e. The number of phenols is 1. The van der Waals surface area contributed by atoms with E-state index in [2.05, 4.69) is 32.0 Å². The molecule has 26 heavy (non-hydrogen) atoms. The molecule has 0 fully saturated rings. The van der Waals surface area contributed by atoms with E-state index < -0.39 is 0 Å². The van der Waals surface area contributed by atoms with E-state index in [9.17, 15) is 5.11 Å². The lowest BCUT2D eigenvalue weighted by molar-refractivity contribution is 0.471. The first kappa shape index (κ1) is 17.2. The Morgan fingerprint density at radius 1 is 1.08 bits per heavy atom. The van der Waals surface area contributed by atoms with Gasteiger partial charge in [-0.05, 0) is 64.5 Å². The van der Waals surface area contributed by atoms with Crippen molar-refractivity contribution in [2.45, 2.75) is 0 Å². The van der Waals surface area contributed by atoms with Crippen molar-refractivity contribution in [2.24, 2.45) is 4.99 Å². The summed E-state index contributed by atoms with van der Waals surface area (Å²) in [6.45, 7) is 0. The van der Waals surface area contributed by atoms with Gasteiger partial charge in [-0.3, -0.25) is 4.99 Å². The lowest BCUT2D eigenvalue weighted by atomic mass is 10.2. The SMILES string of the molecule is Oc1c(Br)cc(Cl)cc1C=Nc1ccc(-c2nc3ccccc3s2)cc1. The Hall–Kier alpha value is -2.21. The predicted molar refractivity (Wildman–Crippen MR) is 113 cm³/mol. The zero-order chi connectivity index (χ0) is 18.1. The summed E-state index contributed by atoms with van der Waals surface area (Å²) in [7, 11) is 0. The second kappa shape index (κ2) is 7.19. The van der Waals surface area contributed by atoms with Gasteiger partial charge in [-0.25, -0.2) is 4.98 Å². The second-order valence-electron chi connectivity index (χ2n) is 5.62. The first-order valence-electron chi connectivity index (χ1n) is 7.78. The predicted octanol–water partition coefficient (Wildman–Crippen LogP) is 6.84. The molecule has 0 bridgehead atoms. The van der Waals surface area contributed by atoms with E-state index in [-0.39, 0.29) is 5.75 Å². The van der Waals surface area contributed by atoms with Crippen molar-refractivity contribution < 1.29 is 5.11 Å². The number of aromatic nitrogens is 1. The molecule has 0 unspecified atom stereocenters. The normalized spacial score (nSPS) is 11.5. The van der Waals surface area contributed by atoms with Crippen LogP contribution in [0.1, 0.15) is 5.56 Å². The molecule has 6 heteroatoms. The van der Waals surface area contributed by atoms with Gasteiger partial charge in [-0.2, -0.15) is 0 Å². The number of thiazole rings is 1. The van der Waals surface area contributed by atoms with Gasteiger partial charge in [0.2, 0.25) is 0 Å². The number of halogens is 2. The molecule has 1 N–H and O–H groups in total. The number of aliphatic imine (C=N–C) groups is 1. The van der Waals surface area contributed by atoms with Crippen LogP contribution in [0.3, 0.4) is 0 Å². The lowest BCUT2D eigenvalue weighted by Gasteiger charge is -2.03. The van der Waals surface area contributed by atoms with Crippen LogP contribution < -0.4 is 0 Å². The first-order chi connectivity index (χ1) is 12.6. The summed E-state index contributed by atoms with van der Waals surface area (Å²) in [5.74, 6) is 0.115. The van der Waals surface area contributed by atoms with Gasteiger partial charge in [0, 0.05) is 22.4 Å². The molecule has 0 aliphatic carbocycles. The van der Waals surface area contributed by atoms with E-state index in [1.54, 1.807) is 29.7 Å². The van der Waals surface area contributed by atoms with Gasteiger partial charge < -0.3 is 5.11 Å². The van der Waals surface area contributed by atoms with Crippen molar-refractivity contribution in [3.8, 4) is 16.3 Å². The quantitative estimate of drug-likeness (QED) is 0.352. The summed E-state index contributed by atoms with van der Waals surface area (Å²) in [5.41, 5.74) is 3.40. The summed E-state index contributed by atoms with van der Waals surface area (Å²) in [4.78, 5) is 9.08. The molecular weight excluding hydrogens is 432 g/mol. The number of hydrogen-bond acceptors (Lipinski definition) is 4. The van der Waals surface area contributed by atoms with E-state index in [1.807, 2.05) is 42.5 Å². The number of fused-ring (bicyclic) bond motifs is 1. The van der Waals surface area contributed by atoms with Crippen LogP contribution in [0.5, 0.6) is 5.75 Å². The largest absolute Gasteiger partial charge is 0.506 e. The Bertz CT molecular complexity index is 1090. The molecule has 0 aliphatic heterocycles. The summed E-state index contributed by atoms with van der Waals surface area (Å²) >= 11 is 11.0. The summed E-state index contributed by atoms with van der Waals surface area (Å²) in [5, 5.41) is 11.6. The monoisotopic (exact) mass is 442 g/mol. The Kier molecular flexibility index (Phi) is 4.76. The molecule has 1 heterocycles. The molecule has 0 saturated heterocycles. The molecule has 0 amide bonds. The fraction of sp³-hybridized carbons (Fsp3) is 0. The molecule has 4 rings (SSSR count). The maximum atomic E-state index is 10.1. The number of nitrogens with zero attached hydrogens (tertiary/aromatic N) is 2. The van der Waals surface area contributed by atoms with Crippen molar-refractivity contribution in [1.82, 2.24) is 4.98 Å². The number of aromatic hydroxyl groups is 1. The number of para-hydroxylation sites is 1. The van der Waals surface area contributed by atoms with E-state index in [0.717, 1.165) is 21.8 Å². The Morgan fingerprint density at radius 2 is 1.85 bits per heavy atom. The third-order valence-electron chi connectivity index (χ3n) is 3.82. The van der Waals surface area contributed by atoms with E-state index in [1.165, 1.54) is 4.70 Å². The van der Waals surface area contributed by atoms with E-state index >= 15 is 0 Å². The molecule has 0 aliphatic rings. The zero-order valence-electron chi connectivity index (χ0n) is 13.4. The Labute approximate surface area is 167 Å². The fourth-order valence-electron chi connectivity index (χ4n) is 2.51. The molecular formula is C20H12BrClN2OS. The zero-order valence-corrected chi connectivity index (χ0v) is 16.5.